The van der Waals surface area contributed by atoms with E-state index in [0.29, 0.717) is 11.3 Å². The summed E-state index contributed by atoms with van der Waals surface area (Å²) in [5, 5.41) is 0. The lowest BCUT2D eigenvalue weighted by Crippen LogP contribution is -2.12. The topological polar surface area (TPSA) is 29.4 Å². The molecule has 0 radical (unpaired) electrons. The number of rotatable bonds is 3. The van der Waals surface area contributed by atoms with Crippen molar-refractivity contribution in [3.8, 4) is 0 Å². The molecule has 0 spiro atoms. The highest BCUT2D eigenvalue weighted by molar-refractivity contribution is 6.55. The fraction of sp³-hybridized carbons (Fsp3) is 0.231. The molecule has 15 heavy (non-hydrogen) atoms. The average molecular weight is 201 g/mol. The molecule has 0 amide bonds. The summed E-state index contributed by atoms with van der Waals surface area (Å²) < 4.78 is 0. The predicted octanol–water partition coefficient (Wildman–Crippen LogP) is 2.67. The number of aryl methyl sites for hydroxylation is 1. The molecule has 0 aromatic heterocycles. The second-order valence-corrected chi connectivity index (χ2v) is 3.42. The Balaban J connectivity index is 3.16. The fourth-order valence-corrected chi connectivity index (χ4v) is 1.54. The minimum Gasteiger partial charge on any atom is -0.293 e. The molecule has 78 valence electrons. The molecule has 0 bridgehead atoms. The number of aliphatic imine (C=N–C) groups is 1. The standard InChI is InChI=1S/C13H15NO/c1-9-7-5-6-8-12(9)10(2)13(14-4)11(3)15/h5-8H,2H2,1,3-4H3/b14-13+. The molecule has 0 saturated heterocycles. The van der Waals surface area contributed by atoms with Gasteiger partial charge >= 0.3 is 0 Å². The maximum atomic E-state index is 11.3. The van der Waals surface area contributed by atoms with E-state index in [1.54, 1.807) is 7.05 Å². The summed E-state index contributed by atoms with van der Waals surface area (Å²) in [5.74, 6) is -0.0502. The maximum Gasteiger partial charge on any atom is 0.178 e. The Kier molecular flexibility index (Phi) is 3.56. The Morgan fingerprint density at radius 3 is 2.40 bits per heavy atom. The molecule has 1 rings (SSSR count). The summed E-state index contributed by atoms with van der Waals surface area (Å²) in [6, 6.07) is 7.84. The number of allylic oxidation sites excluding steroid dienone is 1. The fourth-order valence-electron chi connectivity index (χ4n) is 1.54. The van der Waals surface area contributed by atoms with Crippen LogP contribution in [0.2, 0.25) is 0 Å². The van der Waals surface area contributed by atoms with Crippen molar-refractivity contribution in [3.63, 3.8) is 0 Å². The van der Waals surface area contributed by atoms with E-state index in [4.69, 9.17) is 0 Å². The van der Waals surface area contributed by atoms with Crippen molar-refractivity contribution in [2.45, 2.75) is 13.8 Å². The Morgan fingerprint density at radius 2 is 1.93 bits per heavy atom. The second kappa shape index (κ2) is 4.69. The number of Topliss-reactive ketones (excluding diaryl/α,β-unsaturated/α-hetero) is 1. The van der Waals surface area contributed by atoms with Crippen LogP contribution in [-0.2, 0) is 4.79 Å². The molecule has 0 aliphatic rings. The normalized spacial score (nSPS) is 11.3. The SMILES string of the molecule is C=C(/C(=N\C)C(C)=O)c1ccccc1C. The van der Waals surface area contributed by atoms with Crippen molar-refractivity contribution in [2.75, 3.05) is 7.05 Å². The molecule has 1 aromatic carbocycles. The summed E-state index contributed by atoms with van der Waals surface area (Å²) >= 11 is 0. The largest absolute Gasteiger partial charge is 0.293 e. The zero-order valence-electron chi connectivity index (χ0n) is 9.37. The highest BCUT2D eigenvalue weighted by Gasteiger charge is 2.12. The third kappa shape index (κ3) is 2.40. The van der Waals surface area contributed by atoms with Crippen LogP contribution in [0.5, 0.6) is 0 Å². The van der Waals surface area contributed by atoms with Crippen LogP contribution in [0.3, 0.4) is 0 Å². The van der Waals surface area contributed by atoms with Gasteiger partial charge in [0.25, 0.3) is 0 Å². The first-order valence-corrected chi connectivity index (χ1v) is 4.81. The first kappa shape index (κ1) is 11.4. The smallest absolute Gasteiger partial charge is 0.178 e. The molecule has 0 saturated carbocycles. The zero-order chi connectivity index (χ0) is 11.4. The third-order valence-electron chi connectivity index (χ3n) is 2.31. The maximum absolute atomic E-state index is 11.3. The van der Waals surface area contributed by atoms with Crippen molar-refractivity contribution in [1.82, 2.24) is 0 Å². The minimum atomic E-state index is -0.0502. The predicted molar refractivity (Wildman–Crippen MR) is 64.3 cm³/mol. The summed E-state index contributed by atoms with van der Waals surface area (Å²) in [6.07, 6.45) is 0. The van der Waals surface area contributed by atoms with E-state index >= 15 is 0 Å². The Hall–Kier alpha value is -1.70. The molecule has 0 N–H and O–H groups in total. The van der Waals surface area contributed by atoms with E-state index in [0.717, 1.165) is 11.1 Å². The Bertz CT molecular complexity index is 430. The highest BCUT2D eigenvalue weighted by Crippen LogP contribution is 2.18. The Morgan fingerprint density at radius 1 is 1.33 bits per heavy atom. The van der Waals surface area contributed by atoms with Gasteiger partial charge < -0.3 is 0 Å². The van der Waals surface area contributed by atoms with Crippen LogP contribution in [0.15, 0.2) is 35.8 Å². The zero-order valence-corrected chi connectivity index (χ0v) is 9.37. The molecule has 0 unspecified atom stereocenters. The molecule has 0 atom stereocenters. The number of ketones is 1. The van der Waals surface area contributed by atoms with Crippen LogP contribution >= 0.6 is 0 Å². The summed E-state index contributed by atoms with van der Waals surface area (Å²) in [4.78, 5) is 15.3. The van der Waals surface area contributed by atoms with E-state index in [2.05, 4.69) is 11.6 Å². The quantitative estimate of drug-likeness (QED) is 0.691. The van der Waals surface area contributed by atoms with Gasteiger partial charge in [-0.1, -0.05) is 30.8 Å². The van der Waals surface area contributed by atoms with Crippen LogP contribution in [0.25, 0.3) is 5.57 Å². The van der Waals surface area contributed by atoms with Gasteiger partial charge in [0.15, 0.2) is 5.78 Å². The first-order chi connectivity index (χ1) is 7.07. The molecule has 0 aliphatic carbocycles. The molecule has 2 nitrogen and oxygen atoms in total. The van der Waals surface area contributed by atoms with E-state index in [1.165, 1.54) is 6.92 Å². The minimum absolute atomic E-state index is 0.0502. The van der Waals surface area contributed by atoms with E-state index < -0.39 is 0 Å². The lowest BCUT2D eigenvalue weighted by Gasteiger charge is -2.09. The number of hydrogen-bond acceptors (Lipinski definition) is 2. The van der Waals surface area contributed by atoms with Crippen LogP contribution in [0.1, 0.15) is 18.1 Å². The highest BCUT2D eigenvalue weighted by atomic mass is 16.1. The van der Waals surface area contributed by atoms with Crippen molar-refractivity contribution in [2.24, 2.45) is 4.99 Å². The summed E-state index contributed by atoms with van der Waals surface area (Å²) in [6.45, 7) is 7.43. The van der Waals surface area contributed by atoms with Gasteiger partial charge in [-0.2, -0.15) is 0 Å². The lowest BCUT2D eigenvalue weighted by molar-refractivity contribution is -0.110. The first-order valence-electron chi connectivity index (χ1n) is 4.81. The molecular weight excluding hydrogens is 186 g/mol. The van der Waals surface area contributed by atoms with Crippen LogP contribution in [0, 0.1) is 6.92 Å². The summed E-state index contributed by atoms with van der Waals surface area (Å²) in [5.41, 5.74) is 3.23. The molecule has 0 fully saturated rings. The number of carbonyl (C=O) groups is 1. The van der Waals surface area contributed by atoms with Gasteiger partial charge in [0, 0.05) is 19.5 Å². The van der Waals surface area contributed by atoms with Crippen LogP contribution < -0.4 is 0 Å². The number of hydrogen-bond donors (Lipinski definition) is 0. The van der Waals surface area contributed by atoms with Crippen LogP contribution in [-0.4, -0.2) is 18.5 Å². The van der Waals surface area contributed by atoms with Crippen molar-refractivity contribution in [1.29, 1.82) is 0 Å². The Labute approximate surface area is 90.4 Å². The molecule has 2 heteroatoms. The van der Waals surface area contributed by atoms with Gasteiger partial charge in [-0.25, -0.2) is 0 Å². The summed E-state index contributed by atoms with van der Waals surface area (Å²) in [7, 11) is 1.61. The third-order valence-corrected chi connectivity index (χ3v) is 2.31. The lowest BCUT2D eigenvalue weighted by atomic mass is 9.96. The number of carbonyl (C=O) groups excluding carboxylic acids is 1. The van der Waals surface area contributed by atoms with Crippen LogP contribution in [0.4, 0.5) is 0 Å². The van der Waals surface area contributed by atoms with Gasteiger partial charge in [0.2, 0.25) is 0 Å². The molecule has 1 aromatic rings. The number of nitrogens with zero attached hydrogens (tertiary/aromatic N) is 1. The van der Waals surface area contributed by atoms with Crippen molar-refractivity contribution < 1.29 is 4.79 Å². The van der Waals surface area contributed by atoms with Crippen molar-refractivity contribution >= 4 is 17.1 Å². The van der Waals surface area contributed by atoms with Gasteiger partial charge in [0.1, 0.15) is 5.71 Å². The monoisotopic (exact) mass is 201 g/mol. The van der Waals surface area contributed by atoms with Crippen molar-refractivity contribution in [3.05, 3.63) is 42.0 Å². The molecule has 0 heterocycles. The van der Waals surface area contributed by atoms with E-state index in [9.17, 15) is 4.79 Å². The second-order valence-electron chi connectivity index (χ2n) is 3.42. The van der Waals surface area contributed by atoms with Gasteiger partial charge in [-0.05, 0) is 18.1 Å². The van der Waals surface area contributed by atoms with Gasteiger partial charge in [0.05, 0.1) is 0 Å². The molecular formula is C13H15NO. The van der Waals surface area contributed by atoms with E-state index in [-0.39, 0.29) is 5.78 Å². The van der Waals surface area contributed by atoms with Gasteiger partial charge in [-0.3, -0.25) is 9.79 Å². The molecule has 0 aliphatic heterocycles. The average Bonchev–Trinajstić information content (AvgIpc) is 2.18. The number of benzene rings is 1. The van der Waals surface area contributed by atoms with Gasteiger partial charge in [-0.15, -0.1) is 0 Å². The van der Waals surface area contributed by atoms with E-state index in [1.807, 2.05) is 31.2 Å².